The lowest BCUT2D eigenvalue weighted by Crippen LogP contribution is -2.58. The van der Waals surface area contributed by atoms with Gasteiger partial charge in [0, 0.05) is 13.1 Å². The number of carboxylic acid groups (broad SMARTS) is 1. The molecule has 2 atom stereocenters. The number of nitrogens with zero attached hydrogens (tertiary/aromatic N) is 1. The molecule has 1 heterocycles. The Kier molecular flexibility index (Phi) is 6.53. The summed E-state index contributed by atoms with van der Waals surface area (Å²) in [6.45, 7) is 7.00. The smallest absolute Gasteiger partial charge is 0.410 e. The minimum absolute atomic E-state index is 0.00244. The summed E-state index contributed by atoms with van der Waals surface area (Å²) in [6.07, 6.45) is -1.08. The van der Waals surface area contributed by atoms with Crippen LogP contribution in [0.2, 0.25) is 0 Å². The average molecular weight is 392 g/mol. The largest absolute Gasteiger partial charge is 0.481 e. The number of aliphatic carboxylic acids is 1. The molecule has 0 saturated carbocycles. The van der Waals surface area contributed by atoms with E-state index in [0.29, 0.717) is 0 Å². The predicted octanol–water partition coefficient (Wildman–Crippen LogP) is 3.01. The molecule has 1 fully saturated rings. The number of hydrogen-bond donors (Lipinski definition) is 2. The third-order valence-corrected chi connectivity index (χ3v) is 4.38. The maximum atomic E-state index is 12.5. The van der Waals surface area contributed by atoms with E-state index in [-0.39, 0.29) is 26.1 Å². The number of nitrogens with one attached hydrogen (secondary N) is 1. The maximum absolute atomic E-state index is 12.5. The molecule has 2 unspecified atom stereocenters. The van der Waals surface area contributed by atoms with E-state index in [2.05, 4.69) is 5.32 Å². The number of rotatable bonds is 4. The van der Waals surface area contributed by atoms with Crippen molar-refractivity contribution in [1.29, 1.82) is 0 Å². The highest BCUT2D eigenvalue weighted by atomic mass is 16.6. The molecular weight excluding hydrogens is 364 g/mol. The van der Waals surface area contributed by atoms with Gasteiger partial charge in [0.15, 0.2) is 0 Å². The first kappa shape index (κ1) is 21.5. The minimum atomic E-state index is -1.20. The third kappa shape index (κ3) is 6.14. The van der Waals surface area contributed by atoms with Gasteiger partial charge >= 0.3 is 18.2 Å². The van der Waals surface area contributed by atoms with Crippen LogP contribution in [0.5, 0.6) is 0 Å². The van der Waals surface area contributed by atoms with Gasteiger partial charge in [0.1, 0.15) is 12.2 Å². The van der Waals surface area contributed by atoms with Gasteiger partial charge in [-0.3, -0.25) is 4.79 Å². The molecule has 1 aliphatic rings. The third-order valence-electron chi connectivity index (χ3n) is 4.38. The van der Waals surface area contributed by atoms with Gasteiger partial charge in [0.25, 0.3) is 0 Å². The number of likely N-dealkylation sites (tertiary alicyclic amines) is 1. The Morgan fingerprint density at radius 2 is 1.89 bits per heavy atom. The molecule has 2 N–H and O–H groups in total. The molecule has 0 radical (unpaired) electrons. The average Bonchev–Trinajstić information content (AvgIpc) is 2.58. The van der Waals surface area contributed by atoms with Crippen LogP contribution in [0.3, 0.4) is 0 Å². The van der Waals surface area contributed by atoms with E-state index in [4.69, 9.17) is 9.47 Å². The van der Waals surface area contributed by atoms with Crippen LogP contribution in [0.15, 0.2) is 30.3 Å². The molecule has 1 saturated heterocycles. The molecule has 1 aromatic rings. The van der Waals surface area contributed by atoms with Gasteiger partial charge in [-0.1, -0.05) is 30.3 Å². The zero-order valence-corrected chi connectivity index (χ0v) is 16.7. The second-order valence-corrected chi connectivity index (χ2v) is 8.33. The SMILES string of the molecule is CC(C)(C)OC(=O)NC1CN(C(=O)OCc2ccccc2)CC(C)(C(=O)O)C1. The van der Waals surface area contributed by atoms with E-state index >= 15 is 0 Å². The summed E-state index contributed by atoms with van der Waals surface area (Å²) in [6, 6.07) is 8.64. The van der Waals surface area contributed by atoms with Crippen molar-refractivity contribution in [1.82, 2.24) is 10.2 Å². The molecule has 0 bridgehead atoms. The standard InChI is InChI=1S/C20H28N2O6/c1-19(2,3)28-17(25)21-15-10-20(4,16(23)24)13-22(11-15)18(26)27-12-14-8-6-5-7-9-14/h5-9,15H,10-13H2,1-4H3,(H,21,25)(H,23,24). The molecule has 2 amide bonds. The summed E-state index contributed by atoms with van der Waals surface area (Å²) in [5.74, 6) is -1.04. The Hall–Kier alpha value is -2.77. The fourth-order valence-corrected chi connectivity index (χ4v) is 3.10. The highest BCUT2D eigenvalue weighted by molar-refractivity contribution is 5.77. The Balaban J connectivity index is 2.04. The molecule has 28 heavy (non-hydrogen) atoms. The molecular formula is C20H28N2O6. The first-order chi connectivity index (χ1) is 13.0. The lowest BCUT2D eigenvalue weighted by molar-refractivity contribution is -0.151. The van der Waals surface area contributed by atoms with Crippen LogP contribution in [-0.4, -0.2) is 52.9 Å². The molecule has 1 aromatic carbocycles. The van der Waals surface area contributed by atoms with E-state index < -0.39 is 35.2 Å². The highest BCUT2D eigenvalue weighted by Gasteiger charge is 2.44. The number of amides is 2. The Morgan fingerprint density at radius 3 is 2.46 bits per heavy atom. The highest BCUT2D eigenvalue weighted by Crippen LogP contribution is 2.30. The van der Waals surface area contributed by atoms with E-state index in [9.17, 15) is 19.5 Å². The summed E-state index contributed by atoms with van der Waals surface area (Å²) in [7, 11) is 0. The topological polar surface area (TPSA) is 105 Å². The lowest BCUT2D eigenvalue weighted by atomic mass is 9.80. The number of alkyl carbamates (subject to hydrolysis) is 1. The quantitative estimate of drug-likeness (QED) is 0.816. The normalized spacial score (nSPS) is 22.3. The summed E-state index contributed by atoms with van der Waals surface area (Å²) in [5.41, 5.74) is -1.05. The first-order valence-electron chi connectivity index (χ1n) is 9.17. The molecule has 1 aliphatic heterocycles. The number of piperidine rings is 1. The van der Waals surface area contributed by atoms with E-state index in [1.165, 1.54) is 4.90 Å². The molecule has 8 heteroatoms. The fraction of sp³-hybridized carbons (Fsp3) is 0.550. The van der Waals surface area contributed by atoms with Crippen molar-refractivity contribution >= 4 is 18.2 Å². The zero-order chi connectivity index (χ0) is 20.9. The van der Waals surface area contributed by atoms with Crippen molar-refractivity contribution in [2.75, 3.05) is 13.1 Å². The number of carboxylic acids is 1. The fourth-order valence-electron chi connectivity index (χ4n) is 3.10. The Labute approximate surface area is 164 Å². The predicted molar refractivity (Wildman–Crippen MR) is 102 cm³/mol. The van der Waals surface area contributed by atoms with Gasteiger partial charge < -0.3 is 24.8 Å². The number of benzene rings is 1. The van der Waals surface area contributed by atoms with Crippen LogP contribution in [0, 0.1) is 5.41 Å². The Morgan fingerprint density at radius 1 is 1.25 bits per heavy atom. The summed E-state index contributed by atoms with van der Waals surface area (Å²) in [4.78, 5) is 37.7. The van der Waals surface area contributed by atoms with E-state index in [0.717, 1.165) is 5.56 Å². The van der Waals surface area contributed by atoms with Gasteiger partial charge in [-0.15, -0.1) is 0 Å². The monoisotopic (exact) mass is 392 g/mol. The van der Waals surface area contributed by atoms with Gasteiger partial charge in [-0.2, -0.15) is 0 Å². The van der Waals surface area contributed by atoms with Gasteiger partial charge in [-0.05, 0) is 39.7 Å². The summed E-state index contributed by atoms with van der Waals surface area (Å²) >= 11 is 0. The molecule has 8 nitrogen and oxygen atoms in total. The van der Waals surface area contributed by atoms with Crippen LogP contribution in [0.1, 0.15) is 39.7 Å². The number of carbonyl (C=O) groups is 3. The Bertz CT molecular complexity index is 715. The minimum Gasteiger partial charge on any atom is -0.481 e. The molecule has 0 spiro atoms. The van der Waals surface area contributed by atoms with Gasteiger partial charge in [-0.25, -0.2) is 9.59 Å². The van der Waals surface area contributed by atoms with Crippen LogP contribution >= 0.6 is 0 Å². The number of hydrogen-bond acceptors (Lipinski definition) is 5. The van der Waals surface area contributed by atoms with Crippen LogP contribution in [-0.2, 0) is 20.9 Å². The second kappa shape index (κ2) is 8.50. The van der Waals surface area contributed by atoms with Gasteiger partial charge in [0.05, 0.1) is 11.5 Å². The van der Waals surface area contributed by atoms with Crippen molar-refractivity contribution in [3.8, 4) is 0 Å². The number of carbonyl (C=O) groups excluding carboxylic acids is 2. The molecule has 2 rings (SSSR count). The van der Waals surface area contributed by atoms with Crippen LogP contribution < -0.4 is 5.32 Å². The lowest BCUT2D eigenvalue weighted by Gasteiger charge is -2.41. The number of ether oxygens (including phenoxy) is 2. The van der Waals surface area contributed by atoms with Crippen LogP contribution in [0.25, 0.3) is 0 Å². The van der Waals surface area contributed by atoms with E-state index in [1.54, 1.807) is 27.7 Å². The van der Waals surface area contributed by atoms with E-state index in [1.807, 2.05) is 30.3 Å². The molecule has 154 valence electrons. The van der Waals surface area contributed by atoms with Crippen molar-refractivity contribution < 1.29 is 29.0 Å². The summed E-state index contributed by atoms with van der Waals surface area (Å²) < 4.78 is 10.6. The summed E-state index contributed by atoms with van der Waals surface area (Å²) in [5, 5.41) is 12.3. The van der Waals surface area contributed by atoms with Gasteiger partial charge in [0.2, 0.25) is 0 Å². The first-order valence-corrected chi connectivity index (χ1v) is 9.17. The molecule has 0 aliphatic carbocycles. The van der Waals surface area contributed by atoms with Crippen molar-refractivity contribution in [2.45, 2.75) is 52.4 Å². The van der Waals surface area contributed by atoms with Crippen molar-refractivity contribution in [2.24, 2.45) is 5.41 Å². The van der Waals surface area contributed by atoms with Crippen molar-refractivity contribution in [3.05, 3.63) is 35.9 Å². The molecule has 0 aromatic heterocycles. The van der Waals surface area contributed by atoms with Crippen molar-refractivity contribution in [3.63, 3.8) is 0 Å². The zero-order valence-electron chi connectivity index (χ0n) is 16.7. The maximum Gasteiger partial charge on any atom is 0.410 e. The van der Waals surface area contributed by atoms with Crippen LogP contribution in [0.4, 0.5) is 9.59 Å². The second-order valence-electron chi connectivity index (χ2n) is 8.33.